The Morgan fingerprint density at radius 3 is 3.03 bits per heavy atom. The molecule has 0 radical (unpaired) electrons. The van der Waals surface area contributed by atoms with E-state index in [1.165, 1.54) is 15.9 Å². The molecule has 0 aliphatic carbocycles. The van der Waals surface area contributed by atoms with Crippen LogP contribution in [0, 0.1) is 6.92 Å². The summed E-state index contributed by atoms with van der Waals surface area (Å²) < 4.78 is 6.81. The Morgan fingerprint density at radius 1 is 1.34 bits per heavy atom. The minimum absolute atomic E-state index is 0.0630. The SMILES string of the molecule is Cc1c(Cl)cccc1Nc1nn2c(=O)c3ccc(C(=O)NCC4CCCO4)cc3nc2s1. The summed E-state index contributed by atoms with van der Waals surface area (Å²) in [5.74, 6) is -0.215. The van der Waals surface area contributed by atoms with Crippen LogP contribution in [0.3, 0.4) is 0 Å². The summed E-state index contributed by atoms with van der Waals surface area (Å²) in [6, 6.07) is 10.4. The number of hydrogen-bond acceptors (Lipinski definition) is 7. The quantitative estimate of drug-likeness (QED) is 0.459. The summed E-state index contributed by atoms with van der Waals surface area (Å²) in [6.45, 7) is 3.11. The van der Waals surface area contributed by atoms with E-state index in [-0.39, 0.29) is 17.6 Å². The second-order valence-electron chi connectivity index (χ2n) is 7.63. The Hall–Kier alpha value is -3.01. The van der Waals surface area contributed by atoms with Gasteiger partial charge in [0, 0.05) is 29.4 Å². The molecule has 2 aromatic heterocycles. The summed E-state index contributed by atoms with van der Waals surface area (Å²) in [4.78, 5) is 30.5. The highest BCUT2D eigenvalue weighted by molar-refractivity contribution is 7.20. The Balaban J connectivity index is 1.44. The van der Waals surface area contributed by atoms with Crippen LogP contribution >= 0.6 is 22.9 Å². The highest BCUT2D eigenvalue weighted by Crippen LogP contribution is 2.28. The van der Waals surface area contributed by atoms with Crippen molar-refractivity contribution in [2.24, 2.45) is 0 Å². The lowest BCUT2D eigenvalue weighted by atomic mass is 10.1. The van der Waals surface area contributed by atoms with Crippen LogP contribution in [0.2, 0.25) is 5.02 Å². The highest BCUT2D eigenvalue weighted by atomic mass is 35.5. The second-order valence-corrected chi connectivity index (χ2v) is 9.00. The van der Waals surface area contributed by atoms with Gasteiger partial charge in [-0.2, -0.15) is 4.52 Å². The summed E-state index contributed by atoms with van der Waals surface area (Å²) in [5, 5.41) is 12.0. The van der Waals surface area contributed by atoms with Gasteiger partial charge in [-0.3, -0.25) is 9.59 Å². The van der Waals surface area contributed by atoms with E-state index in [1.807, 2.05) is 25.1 Å². The van der Waals surface area contributed by atoms with E-state index in [4.69, 9.17) is 16.3 Å². The number of anilines is 2. The molecule has 1 unspecified atom stereocenters. The molecule has 0 saturated carbocycles. The van der Waals surface area contributed by atoms with Gasteiger partial charge in [-0.1, -0.05) is 29.0 Å². The minimum Gasteiger partial charge on any atom is -0.376 e. The van der Waals surface area contributed by atoms with Crippen molar-refractivity contribution in [3.63, 3.8) is 0 Å². The Morgan fingerprint density at radius 2 is 2.22 bits per heavy atom. The number of ether oxygens (including phenoxy) is 1. The van der Waals surface area contributed by atoms with E-state index >= 15 is 0 Å². The first kappa shape index (κ1) is 20.9. The zero-order valence-corrected chi connectivity index (χ0v) is 18.8. The first-order valence-corrected chi connectivity index (χ1v) is 11.4. The van der Waals surface area contributed by atoms with Crippen molar-refractivity contribution in [2.75, 3.05) is 18.5 Å². The number of carbonyl (C=O) groups excluding carboxylic acids is 1. The molecule has 1 aliphatic heterocycles. The minimum atomic E-state index is -0.288. The molecular formula is C22H20ClN5O3S. The lowest BCUT2D eigenvalue weighted by Crippen LogP contribution is -2.31. The predicted molar refractivity (Wildman–Crippen MR) is 125 cm³/mol. The maximum Gasteiger partial charge on any atom is 0.283 e. The lowest BCUT2D eigenvalue weighted by molar-refractivity contribution is 0.0858. The number of nitrogens with one attached hydrogen (secondary N) is 2. The first-order valence-electron chi connectivity index (χ1n) is 10.2. The Kier molecular flexibility index (Phi) is 5.54. The van der Waals surface area contributed by atoms with E-state index in [1.54, 1.807) is 18.2 Å². The molecule has 1 amide bonds. The van der Waals surface area contributed by atoms with Gasteiger partial charge in [0.1, 0.15) is 0 Å². The molecule has 2 N–H and O–H groups in total. The standard InChI is InChI=1S/C22H20ClN5O3S/c1-12-16(23)5-2-6-17(12)25-21-27-28-20(30)15-8-7-13(10-18(15)26-22(28)32-21)19(29)24-11-14-4-3-9-31-14/h2,5-8,10,14H,3-4,9,11H2,1H3,(H,24,29)(H,25,27). The third-order valence-corrected chi connectivity index (χ3v) is 6.72. The van der Waals surface area contributed by atoms with Gasteiger partial charge in [0.05, 0.1) is 17.0 Å². The van der Waals surface area contributed by atoms with Crippen molar-refractivity contribution in [3.8, 4) is 0 Å². The van der Waals surface area contributed by atoms with Gasteiger partial charge in [-0.05, 0) is 55.7 Å². The fourth-order valence-electron chi connectivity index (χ4n) is 3.67. The number of hydrogen-bond donors (Lipinski definition) is 2. The molecule has 10 heteroatoms. The maximum atomic E-state index is 13.0. The molecule has 1 saturated heterocycles. The van der Waals surface area contributed by atoms with Crippen molar-refractivity contribution in [1.29, 1.82) is 0 Å². The zero-order chi connectivity index (χ0) is 22.2. The lowest BCUT2D eigenvalue weighted by Gasteiger charge is -2.11. The molecule has 32 heavy (non-hydrogen) atoms. The Bertz CT molecular complexity index is 1390. The van der Waals surface area contributed by atoms with Gasteiger partial charge in [0.2, 0.25) is 10.1 Å². The van der Waals surface area contributed by atoms with Crippen molar-refractivity contribution in [2.45, 2.75) is 25.9 Å². The van der Waals surface area contributed by atoms with Crippen LogP contribution in [-0.4, -0.2) is 39.8 Å². The van der Waals surface area contributed by atoms with Gasteiger partial charge in [-0.25, -0.2) is 4.98 Å². The summed E-state index contributed by atoms with van der Waals surface area (Å²) in [5.41, 5.74) is 2.30. The molecule has 5 rings (SSSR count). The van der Waals surface area contributed by atoms with Gasteiger partial charge in [0.25, 0.3) is 11.5 Å². The van der Waals surface area contributed by atoms with Crippen LogP contribution in [0.25, 0.3) is 15.9 Å². The molecule has 0 spiro atoms. The van der Waals surface area contributed by atoms with E-state index in [2.05, 4.69) is 20.7 Å². The Labute approximate surface area is 192 Å². The van der Waals surface area contributed by atoms with Gasteiger partial charge >= 0.3 is 0 Å². The molecule has 3 heterocycles. The second kappa shape index (κ2) is 8.50. The number of halogens is 1. The molecular weight excluding hydrogens is 450 g/mol. The molecule has 164 valence electrons. The number of benzene rings is 2. The molecule has 2 aromatic carbocycles. The first-order chi connectivity index (χ1) is 15.5. The van der Waals surface area contributed by atoms with Gasteiger partial charge in [-0.15, -0.1) is 5.10 Å². The van der Waals surface area contributed by atoms with Crippen molar-refractivity contribution in [1.82, 2.24) is 19.9 Å². The van der Waals surface area contributed by atoms with Crippen LogP contribution in [0.15, 0.2) is 41.2 Å². The fourth-order valence-corrected chi connectivity index (χ4v) is 4.66. The van der Waals surface area contributed by atoms with Crippen LogP contribution in [-0.2, 0) is 4.74 Å². The third kappa shape index (κ3) is 3.94. The molecule has 1 fully saturated rings. The van der Waals surface area contributed by atoms with Crippen LogP contribution in [0.1, 0.15) is 28.8 Å². The number of amides is 1. The average Bonchev–Trinajstić information content (AvgIpc) is 3.45. The molecule has 1 atom stereocenters. The molecule has 0 bridgehead atoms. The monoisotopic (exact) mass is 469 g/mol. The maximum absolute atomic E-state index is 13.0. The van der Waals surface area contributed by atoms with E-state index in [0.29, 0.717) is 38.1 Å². The largest absolute Gasteiger partial charge is 0.376 e. The van der Waals surface area contributed by atoms with Gasteiger partial charge < -0.3 is 15.4 Å². The number of aromatic nitrogens is 3. The van der Waals surface area contributed by atoms with Crippen molar-refractivity contribution < 1.29 is 9.53 Å². The molecule has 1 aliphatic rings. The number of nitrogens with zero attached hydrogens (tertiary/aromatic N) is 3. The van der Waals surface area contributed by atoms with E-state index < -0.39 is 0 Å². The van der Waals surface area contributed by atoms with Crippen molar-refractivity contribution in [3.05, 3.63) is 62.9 Å². The number of rotatable bonds is 5. The average molecular weight is 470 g/mol. The zero-order valence-electron chi connectivity index (χ0n) is 17.2. The molecule has 8 nitrogen and oxygen atoms in total. The van der Waals surface area contributed by atoms with Crippen LogP contribution in [0.4, 0.5) is 10.8 Å². The summed E-state index contributed by atoms with van der Waals surface area (Å²) >= 11 is 7.44. The predicted octanol–water partition coefficient (Wildman–Crippen LogP) is 3.92. The smallest absolute Gasteiger partial charge is 0.283 e. The van der Waals surface area contributed by atoms with Gasteiger partial charge in [0.15, 0.2) is 0 Å². The topological polar surface area (TPSA) is 97.6 Å². The highest BCUT2D eigenvalue weighted by Gasteiger charge is 2.18. The number of carbonyl (C=O) groups is 1. The van der Waals surface area contributed by atoms with E-state index in [9.17, 15) is 9.59 Å². The third-order valence-electron chi connectivity index (χ3n) is 5.48. The van der Waals surface area contributed by atoms with Crippen LogP contribution < -0.4 is 16.2 Å². The fraction of sp³-hybridized carbons (Fsp3) is 0.273. The summed E-state index contributed by atoms with van der Waals surface area (Å²) in [7, 11) is 0. The molecule has 4 aromatic rings. The van der Waals surface area contributed by atoms with Crippen LogP contribution in [0.5, 0.6) is 0 Å². The van der Waals surface area contributed by atoms with E-state index in [0.717, 1.165) is 30.7 Å². The number of fused-ring (bicyclic) bond motifs is 2. The normalized spacial score (nSPS) is 16.0. The summed E-state index contributed by atoms with van der Waals surface area (Å²) in [6.07, 6.45) is 2.03. The van der Waals surface area contributed by atoms with Crippen molar-refractivity contribution >= 4 is 55.5 Å².